The molecule has 1 aromatic rings. The van der Waals surface area contributed by atoms with Gasteiger partial charge in [-0.3, -0.25) is 9.69 Å². The SMILES string of the molecule is COCCC1(C(=O)NC[C@@H]2CCCN(C)[C@H]2c2ccccc2)CCC1. The molecular weight excluding hydrogens is 312 g/mol. The molecule has 1 saturated heterocycles. The molecule has 1 saturated carbocycles. The molecule has 1 aliphatic carbocycles. The Hall–Kier alpha value is -1.39. The number of hydrogen-bond donors (Lipinski definition) is 1. The molecule has 0 bridgehead atoms. The second-order valence-corrected chi connectivity index (χ2v) is 7.83. The number of ether oxygens (including phenoxy) is 1. The summed E-state index contributed by atoms with van der Waals surface area (Å²) in [5.41, 5.74) is 1.19. The van der Waals surface area contributed by atoms with Gasteiger partial charge in [-0.25, -0.2) is 0 Å². The minimum absolute atomic E-state index is 0.168. The third-order valence-corrected chi connectivity index (χ3v) is 6.25. The van der Waals surface area contributed by atoms with E-state index in [2.05, 4.69) is 47.6 Å². The van der Waals surface area contributed by atoms with E-state index in [4.69, 9.17) is 4.74 Å². The molecule has 1 heterocycles. The van der Waals surface area contributed by atoms with Gasteiger partial charge in [-0.2, -0.15) is 0 Å². The Morgan fingerprint density at radius 1 is 1.28 bits per heavy atom. The minimum Gasteiger partial charge on any atom is -0.385 e. The quantitative estimate of drug-likeness (QED) is 0.824. The number of nitrogens with zero attached hydrogens (tertiary/aromatic N) is 1. The smallest absolute Gasteiger partial charge is 0.226 e. The summed E-state index contributed by atoms with van der Waals surface area (Å²) in [5, 5.41) is 3.30. The van der Waals surface area contributed by atoms with Crippen LogP contribution in [0, 0.1) is 11.3 Å². The molecule has 2 aliphatic rings. The molecule has 1 N–H and O–H groups in total. The summed E-state index contributed by atoms with van der Waals surface area (Å²) in [6.45, 7) is 2.57. The number of methoxy groups -OCH3 is 1. The lowest BCUT2D eigenvalue weighted by Crippen LogP contribution is -2.49. The van der Waals surface area contributed by atoms with Crippen molar-refractivity contribution in [3.05, 3.63) is 35.9 Å². The fraction of sp³-hybridized carbons (Fsp3) is 0.667. The predicted octanol–water partition coefficient (Wildman–Crippen LogP) is 3.39. The first-order valence-electron chi connectivity index (χ1n) is 9.69. The summed E-state index contributed by atoms with van der Waals surface area (Å²) < 4.78 is 5.22. The highest BCUT2D eigenvalue weighted by Crippen LogP contribution is 2.44. The van der Waals surface area contributed by atoms with Gasteiger partial charge in [-0.05, 0) is 57.2 Å². The third-order valence-electron chi connectivity index (χ3n) is 6.25. The van der Waals surface area contributed by atoms with Crippen LogP contribution >= 0.6 is 0 Å². The van der Waals surface area contributed by atoms with E-state index in [1.54, 1.807) is 7.11 Å². The van der Waals surface area contributed by atoms with Crippen LogP contribution in [0.25, 0.3) is 0 Å². The summed E-state index contributed by atoms with van der Waals surface area (Å²) in [7, 11) is 3.92. The van der Waals surface area contributed by atoms with Crippen LogP contribution in [-0.4, -0.2) is 44.7 Å². The van der Waals surface area contributed by atoms with Gasteiger partial charge >= 0.3 is 0 Å². The highest BCUT2D eigenvalue weighted by atomic mass is 16.5. The average Bonchev–Trinajstić information content (AvgIpc) is 2.60. The number of likely N-dealkylation sites (tertiary alicyclic amines) is 1. The van der Waals surface area contributed by atoms with Gasteiger partial charge < -0.3 is 10.1 Å². The zero-order chi connectivity index (χ0) is 17.7. The van der Waals surface area contributed by atoms with E-state index in [9.17, 15) is 4.79 Å². The highest BCUT2D eigenvalue weighted by molar-refractivity contribution is 5.83. The van der Waals surface area contributed by atoms with Crippen molar-refractivity contribution < 1.29 is 9.53 Å². The van der Waals surface area contributed by atoms with E-state index in [-0.39, 0.29) is 11.3 Å². The zero-order valence-corrected chi connectivity index (χ0v) is 15.7. The Bertz CT molecular complexity index is 556. The second-order valence-electron chi connectivity index (χ2n) is 7.83. The number of benzene rings is 1. The number of rotatable bonds is 7. The van der Waals surface area contributed by atoms with Gasteiger partial charge in [0.2, 0.25) is 5.91 Å². The van der Waals surface area contributed by atoms with Gasteiger partial charge in [-0.1, -0.05) is 36.8 Å². The van der Waals surface area contributed by atoms with Gasteiger partial charge in [0, 0.05) is 26.3 Å². The van der Waals surface area contributed by atoms with E-state index in [1.807, 2.05) is 0 Å². The molecule has 1 aliphatic heterocycles. The van der Waals surface area contributed by atoms with Crippen LogP contribution in [-0.2, 0) is 9.53 Å². The van der Waals surface area contributed by atoms with Crippen molar-refractivity contribution in [2.45, 2.75) is 44.6 Å². The molecule has 0 radical (unpaired) electrons. The fourth-order valence-electron chi connectivity index (χ4n) is 4.55. The Morgan fingerprint density at radius 2 is 2.04 bits per heavy atom. The lowest BCUT2D eigenvalue weighted by Gasteiger charge is -2.42. The maximum Gasteiger partial charge on any atom is 0.226 e. The lowest BCUT2D eigenvalue weighted by molar-refractivity contribution is -0.137. The minimum atomic E-state index is -0.168. The van der Waals surface area contributed by atoms with E-state index in [0.29, 0.717) is 18.6 Å². The van der Waals surface area contributed by atoms with Gasteiger partial charge in [0.15, 0.2) is 0 Å². The van der Waals surface area contributed by atoms with Crippen molar-refractivity contribution in [1.29, 1.82) is 0 Å². The summed E-state index contributed by atoms with van der Waals surface area (Å²) in [4.78, 5) is 15.3. The van der Waals surface area contributed by atoms with Crippen molar-refractivity contribution >= 4 is 5.91 Å². The van der Waals surface area contributed by atoms with E-state index in [0.717, 1.165) is 38.8 Å². The first-order valence-corrected chi connectivity index (χ1v) is 9.69. The Balaban J connectivity index is 1.63. The van der Waals surface area contributed by atoms with Gasteiger partial charge in [0.05, 0.1) is 5.41 Å². The highest BCUT2D eigenvalue weighted by Gasteiger charge is 2.43. The van der Waals surface area contributed by atoms with Crippen molar-refractivity contribution in [2.24, 2.45) is 11.3 Å². The molecule has 3 rings (SSSR count). The predicted molar refractivity (Wildman–Crippen MR) is 100 cm³/mol. The first kappa shape index (κ1) is 18.4. The van der Waals surface area contributed by atoms with Crippen molar-refractivity contribution in [3.63, 3.8) is 0 Å². The monoisotopic (exact) mass is 344 g/mol. The van der Waals surface area contributed by atoms with Crippen LogP contribution in [0.15, 0.2) is 30.3 Å². The molecule has 4 heteroatoms. The number of carbonyl (C=O) groups is 1. The number of piperidine rings is 1. The van der Waals surface area contributed by atoms with Crippen LogP contribution in [0.2, 0.25) is 0 Å². The third kappa shape index (κ3) is 4.06. The summed E-state index contributed by atoms with van der Waals surface area (Å²) in [6.07, 6.45) is 6.41. The summed E-state index contributed by atoms with van der Waals surface area (Å²) in [5.74, 6) is 0.723. The maximum atomic E-state index is 12.8. The number of nitrogens with one attached hydrogen (secondary N) is 1. The molecule has 4 nitrogen and oxygen atoms in total. The molecule has 1 aromatic carbocycles. The molecule has 2 atom stereocenters. The normalized spacial score (nSPS) is 26.0. The molecule has 2 fully saturated rings. The molecule has 0 aromatic heterocycles. The second kappa shape index (κ2) is 8.33. The van der Waals surface area contributed by atoms with Gasteiger partial charge in [-0.15, -0.1) is 0 Å². The average molecular weight is 344 g/mol. The van der Waals surface area contributed by atoms with Crippen molar-refractivity contribution in [3.8, 4) is 0 Å². The van der Waals surface area contributed by atoms with Gasteiger partial charge in [0.25, 0.3) is 0 Å². The molecule has 25 heavy (non-hydrogen) atoms. The molecule has 0 spiro atoms. The van der Waals surface area contributed by atoms with E-state index < -0.39 is 0 Å². The van der Waals surface area contributed by atoms with Crippen LogP contribution in [0.1, 0.15) is 50.1 Å². The molecule has 0 unspecified atom stereocenters. The van der Waals surface area contributed by atoms with E-state index >= 15 is 0 Å². The van der Waals surface area contributed by atoms with Crippen LogP contribution in [0.3, 0.4) is 0 Å². The fourth-order valence-corrected chi connectivity index (χ4v) is 4.55. The van der Waals surface area contributed by atoms with Crippen LogP contribution < -0.4 is 5.32 Å². The van der Waals surface area contributed by atoms with Crippen LogP contribution in [0.4, 0.5) is 0 Å². The largest absolute Gasteiger partial charge is 0.385 e. The first-order chi connectivity index (χ1) is 12.2. The lowest BCUT2D eigenvalue weighted by atomic mass is 9.66. The summed E-state index contributed by atoms with van der Waals surface area (Å²) >= 11 is 0. The molecule has 138 valence electrons. The van der Waals surface area contributed by atoms with Crippen molar-refractivity contribution in [2.75, 3.05) is 33.9 Å². The molecule has 1 amide bonds. The Labute approximate surface area is 151 Å². The topological polar surface area (TPSA) is 41.6 Å². The summed E-state index contributed by atoms with van der Waals surface area (Å²) in [6, 6.07) is 11.1. The van der Waals surface area contributed by atoms with Crippen LogP contribution in [0.5, 0.6) is 0 Å². The maximum absolute atomic E-state index is 12.8. The Morgan fingerprint density at radius 3 is 2.68 bits per heavy atom. The molecular formula is C21H32N2O2. The van der Waals surface area contributed by atoms with E-state index in [1.165, 1.54) is 18.4 Å². The number of amides is 1. The number of hydrogen-bond acceptors (Lipinski definition) is 3. The van der Waals surface area contributed by atoms with Gasteiger partial charge in [0.1, 0.15) is 0 Å². The zero-order valence-electron chi connectivity index (χ0n) is 15.7. The van der Waals surface area contributed by atoms with Crippen molar-refractivity contribution in [1.82, 2.24) is 10.2 Å². The Kier molecular flexibility index (Phi) is 6.13. The number of carbonyl (C=O) groups excluding carboxylic acids is 1. The standard InChI is InChI=1S/C21H32N2O2/c1-23-14-6-10-18(19(23)17-8-4-3-5-9-17)16-22-20(24)21(11-7-12-21)13-15-25-2/h3-5,8-9,18-19H,6-7,10-16H2,1-2H3,(H,22,24)/t18-,19-/m0/s1.